The van der Waals surface area contributed by atoms with Crippen LogP contribution in [0.1, 0.15) is 18.4 Å². The number of ether oxygens (including phenoxy) is 2. The summed E-state index contributed by atoms with van der Waals surface area (Å²) in [6, 6.07) is 3.74. The van der Waals surface area contributed by atoms with Crippen LogP contribution in [-0.2, 0) is 25.7 Å². The highest BCUT2D eigenvalue weighted by atomic mass is 19.2. The van der Waals surface area contributed by atoms with E-state index in [9.17, 15) is 18.4 Å². The average molecular weight is 336 g/mol. The lowest BCUT2D eigenvalue weighted by atomic mass is 10.00. The van der Waals surface area contributed by atoms with Crippen LogP contribution < -0.4 is 0 Å². The summed E-state index contributed by atoms with van der Waals surface area (Å²) in [4.78, 5) is 24.1. The summed E-state index contributed by atoms with van der Waals surface area (Å²) in [5.74, 6) is -3.31. The van der Waals surface area contributed by atoms with Crippen LogP contribution in [0.3, 0.4) is 0 Å². The van der Waals surface area contributed by atoms with Crippen molar-refractivity contribution in [1.29, 1.82) is 0 Å². The van der Waals surface area contributed by atoms with Gasteiger partial charge in [0.25, 0.3) is 0 Å². The number of hydrogen-bond donors (Lipinski definition) is 0. The topological polar surface area (TPSA) is 52.6 Å². The Morgan fingerprint density at radius 1 is 1.21 bits per heavy atom. The van der Waals surface area contributed by atoms with E-state index in [-0.39, 0.29) is 48.4 Å². The molecule has 128 valence electrons. The zero-order chi connectivity index (χ0) is 17.3. The first-order valence-corrected chi connectivity index (χ1v) is 7.91. The predicted molar refractivity (Wildman–Crippen MR) is 80.5 cm³/mol. The lowest BCUT2D eigenvalue weighted by Crippen LogP contribution is -2.21. The van der Waals surface area contributed by atoms with Gasteiger partial charge in [0.05, 0.1) is 11.8 Å². The summed E-state index contributed by atoms with van der Waals surface area (Å²) in [6.07, 6.45) is 2.91. The second-order valence-corrected chi connectivity index (χ2v) is 6.19. The maximum absolute atomic E-state index is 13.6. The molecule has 0 bridgehead atoms. The summed E-state index contributed by atoms with van der Waals surface area (Å²) in [6.45, 7) is 3.32. The van der Waals surface area contributed by atoms with Crippen LogP contribution in [0.15, 0.2) is 30.9 Å². The van der Waals surface area contributed by atoms with Crippen LogP contribution in [0.4, 0.5) is 8.78 Å². The van der Waals surface area contributed by atoms with Crippen molar-refractivity contribution in [2.75, 3.05) is 6.61 Å². The third-order valence-corrected chi connectivity index (χ3v) is 4.82. The first-order chi connectivity index (χ1) is 11.5. The number of benzene rings is 1. The van der Waals surface area contributed by atoms with E-state index in [0.29, 0.717) is 6.42 Å². The summed E-state index contributed by atoms with van der Waals surface area (Å²) < 4.78 is 36.9. The minimum Gasteiger partial charge on any atom is -0.461 e. The van der Waals surface area contributed by atoms with Gasteiger partial charge in [-0.3, -0.25) is 9.59 Å². The highest BCUT2D eigenvalue weighted by Gasteiger charge is 2.64. The Morgan fingerprint density at radius 3 is 2.75 bits per heavy atom. The molecule has 2 saturated carbocycles. The van der Waals surface area contributed by atoms with Crippen LogP contribution >= 0.6 is 0 Å². The van der Waals surface area contributed by atoms with E-state index in [4.69, 9.17) is 9.47 Å². The van der Waals surface area contributed by atoms with Crippen LogP contribution in [0.2, 0.25) is 0 Å². The van der Waals surface area contributed by atoms with Gasteiger partial charge in [0.1, 0.15) is 13.2 Å². The zero-order valence-corrected chi connectivity index (χ0v) is 13.0. The second-order valence-electron chi connectivity index (χ2n) is 6.19. The first kappa shape index (κ1) is 16.6. The molecule has 24 heavy (non-hydrogen) atoms. The molecule has 2 aliphatic carbocycles. The third kappa shape index (κ3) is 3.05. The first-order valence-electron chi connectivity index (χ1n) is 7.91. The van der Waals surface area contributed by atoms with Gasteiger partial charge in [0.2, 0.25) is 0 Å². The molecule has 6 heteroatoms. The summed E-state index contributed by atoms with van der Waals surface area (Å²) in [5.41, 5.74) is -0.00404. The maximum atomic E-state index is 13.6. The molecule has 0 aliphatic heterocycles. The van der Waals surface area contributed by atoms with E-state index in [2.05, 4.69) is 6.58 Å². The Balaban J connectivity index is 1.55. The van der Waals surface area contributed by atoms with Gasteiger partial charge in [-0.1, -0.05) is 24.8 Å². The Labute approximate surface area is 138 Å². The molecule has 1 aromatic carbocycles. The minimum atomic E-state index is -1.01. The molecule has 2 fully saturated rings. The lowest BCUT2D eigenvalue weighted by molar-refractivity contribution is -0.151. The Kier molecular flexibility index (Phi) is 4.64. The normalized spacial score (nSPS) is 27.2. The molecule has 1 aromatic rings. The molecular weight excluding hydrogens is 318 g/mol. The molecule has 0 saturated heterocycles. The van der Waals surface area contributed by atoms with E-state index in [1.165, 1.54) is 18.2 Å². The van der Waals surface area contributed by atoms with Gasteiger partial charge in [0.15, 0.2) is 11.6 Å². The molecule has 2 aliphatic rings. The molecule has 4 atom stereocenters. The number of carbonyl (C=O) groups is 2. The van der Waals surface area contributed by atoms with Gasteiger partial charge < -0.3 is 9.47 Å². The molecule has 4 unspecified atom stereocenters. The molecule has 0 amide bonds. The Bertz CT molecular complexity index is 673. The van der Waals surface area contributed by atoms with Gasteiger partial charge in [-0.25, -0.2) is 8.78 Å². The Hall–Kier alpha value is -2.24. The minimum absolute atomic E-state index is 0.00404. The molecule has 0 spiro atoms. The van der Waals surface area contributed by atoms with E-state index in [0.717, 1.165) is 12.5 Å². The van der Waals surface area contributed by atoms with Gasteiger partial charge in [-0.05, 0) is 30.7 Å². The number of fused-ring (bicyclic) bond motifs is 1. The number of esters is 2. The molecule has 0 aromatic heterocycles. The number of rotatable bonds is 6. The van der Waals surface area contributed by atoms with Crippen molar-refractivity contribution in [1.82, 2.24) is 0 Å². The van der Waals surface area contributed by atoms with Crippen LogP contribution in [0, 0.1) is 35.3 Å². The van der Waals surface area contributed by atoms with Crippen molar-refractivity contribution in [3.63, 3.8) is 0 Å². The van der Waals surface area contributed by atoms with Crippen molar-refractivity contribution in [2.45, 2.75) is 19.4 Å². The van der Waals surface area contributed by atoms with E-state index < -0.39 is 17.6 Å². The van der Waals surface area contributed by atoms with E-state index in [1.54, 1.807) is 0 Å². The molecular formula is C18H18F2O4. The van der Waals surface area contributed by atoms with Crippen molar-refractivity contribution < 1.29 is 27.8 Å². The molecule has 0 radical (unpaired) electrons. The van der Waals surface area contributed by atoms with Crippen molar-refractivity contribution in [3.8, 4) is 0 Å². The zero-order valence-electron chi connectivity index (χ0n) is 13.0. The monoisotopic (exact) mass is 336 g/mol. The fourth-order valence-electron chi connectivity index (χ4n) is 3.65. The molecule has 4 nitrogen and oxygen atoms in total. The highest BCUT2D eigenvalue weighted by Crippen LogP contribution is 2.61. The van der Waals surface area contributed by atoms with Crippen LogP contribution in [0.5, 0.6) is 0 Å². The Morgan fingerprint density at radius 2 is 2.00 bits per heavy atom. The fourth-order valence-corrected chi connectivity index (χ4v) is 3.65. The van der Waals surface area contributed by atoms with E-state index >= 15 is 0 Å². The van der Waals surface area contributed by atoms with Crippen molar-refractivity contribution in [2.24, 2.45) is 23.7 Å². The maximum Gasteiger partial charge on any atom is 0.309 e. The van der Waals surface area contributed by atoms with Gasteiger partial charge in [0, 0.05) is 5.56 Å². The summed E-state index contributed by atoms with van der Waals surface area (Å²) >= 11 is 0. The van der Waals surface area contributed by atoms with Crippen LogP contribution in [-0.4, -0.2) is 18.5 Å². The van der Waals surface area contributed by atoms with Crippen molar-refractivity contribution >= 4 is 11.9 Å². The molecule has 0 heterocycles. The molecule has 3 rings (SSSR count). The van der Waals surface area contributed by atoms with Crippen molar-refractivity contribution in [3.05, 3.63) is 48.1 Å². The smallest absolute Gasteiger partial charge is 0.309 e. The average Bonchev–Trinajstić information content (AvgIpc) is 3.13. The standard InChI is InChI=1S/C18H18F2O4/c1-2-8-23-18(22)15-11-6-7-12(14(11)15)17(21)24-9-10-4-3-5-13(19)16(10)20/h2-5,11-12,14-15H,1,6-9H2. The highest BCUT2D eigenvalue weighted by molar-refractivity contribution is 5.81. The second kappa shape index (κ2) is 6.71. The third-order valence-electron chi connectivity index (χ3n) is 4.82. The van der Waals surface area contributed by atoms with Gasteiger partial charge in [-0.15, -0.1) is 0 Å². The van der Waals surface area contributed by atoms with Gasteiger partial charge >= 0.3 is 11.9 Å². The quantitative estimate of drug-likeness (QED) is 0.592. The van der Waals surface area contributed by atoms with Crippen LogP contribution in [0.25, 0.3) is 0 Å². The number of halogens is 2. The lowest BCUT2D eigenvalue weighted by Gasteiger charge is -2.14. The largest absolute Gasteiger partial charge is 0.461 e. The number of hydrogen-bond acceptors (Lipinski definition) is 4. The van der Waals surface area contributed by atoms with E-state index in [1.807, 2.05) is 0 Å². The predicted octanol–water partition coefficient (Wildman–Crippen LogP) is 3.01. The summed E-state index contributed by atoms with van der Waals surface area (Å²) in [5, 5.41) is 0. The summed E-state index contributed by atoms with van der Waals surface area (Å²) in [7, 11) is 0. The fraction of sp³-hybridized carbons (Fsp3) is 0.444. The number of carbonyl (C=O) groups excluding carboxylic acids is 2. The van der Waals surface area contributed by atoms with Gasteiger partial charge in [-0.2, -0.15) is 0 Å². The molecule has 0 N–H and O–H groups in total. The SMILES string of the molecule is C=CCOC(=O)C1C2CCC(C(=O)OCc3cccc(F)c3F)C21.